The molecule has 1 amide bonds. The molecule has 0 fully saturated rings. The second-order valence-electron chi connectivity index (χ2n) is 5.98. The summed E-state index contributed by atoms with van der Waals surface area (Å²) in [6.45, 7) is 2.69. The number of carbonyl (C=O) groups excluding carboxylic acids is 1. The van der Waals surface area contributed by atoms with Crippen molar-refractivity contribution in [2.75, 3.05) is 11.9 Å². The zero-order chi connectivity index (χ0) is 16.7. The Labute approximate surface area is 137 Å². The zero-order valence-electron chi connectivity index (χ0n) is 13.1. The van der Waals surface area contributed by atoms with E-state index in [1.165, 1.54) is 12.1 Å². The van der Waals surface area contributed by atoms with E-state index in [1.807, 2.05) is 6.92 Å². The van der Waals surface area contributed by atoms with Crippen LogP contribution in [0.5, 0.6) is 0 Å². The Kier molecular flexibility index (Phi) is 3.48. The normalized spacial score (nSPS) is 14.9. The fraction of sp³-hybridized carbons (Fsp3) is 0.294. The summed E-state index contributed by atoms with van der Waals surface area (Å²) in [7, 11) is 0. The van der Waals surface area contributed by atoms with Gasteiger partial charge in [-0.2, -0.15) is 5.10 Å². The maximum atomic E-state index is 13.3. The summed E-state index contributed by atoms with van der Waals surface area (Å²) in [6, 6.07) is 5.74. The Hall–Kier alpha value is -2.83. The van der Waals surface area contributed by atoms with Gasteiger partial charge >= 0.3 is 0 Å². The number of benzene rings is 1. The van der Waals surface area contributed by atoms with Crippen LogP contribution in [0.4, 0.5) is 10.2 Å². The van der Waals surface area contributed by atoms with Gasteiger partial charge in [-0.25, -0.2) is 4.39 Å². The summed E-state index contributed by atoms with van der Waals surface area (Å²) in [5.41, 5.74) is 1.99. The van der Waals surface area contributed by atoms with E-state index < -0.39 is 0 Å². The van der Waals surface area contributed by atoms with E-state index in [2.05, 4.69) is 20.8 Å². The average Bonchev–Trinajstić information content (AvgIpc) is 3.18. The number of hydrogen-bond acceptors (Lipinski definition) is 4. The molecule has 0 bridgehead atoms. The van der Waals surface area contributed by atoms with E-state index in [0.717, 1.165) is 30.8 Å². The minimum absolute atomic E-state index is 0.230. The van der Waals surface area contributed by atoms with Gasteiger partial charge in [0.05, 0.1) is 6.04 Å². The first-order valence-corrected chi connectivity index (χ1v) is 7.93. The SMILES string of the molecule is CC(NC(=O)c1[nH]nc2c1CCCN2)c1cc2cc(F)ccc2o1. The van der Waals surface area contributed by atoms with Crippen LogP contribution in [0, 0.1) is 5.82 Å². The maximum absolute atomic E-state index is 13.3. The highest BCUT2D eigenvalue weighted by molar-refractivity contribution is 5.95. The summed E-state index contributed by atoms with van der Waals surface area (Å²) in [4.78, 5) is 12.5. The number of nitrogens with zero attached hydrogens (tertiary/aromatic N) is 1. The number of aromatic nitrogens is 2. The Bertz CT molecular complexity index is 915. The zero-order valence-corrected chi connectivity index (χ0v) is 13.1. The minimum Gasteiger partial charge on any atom is -0.459 e. The molecule has 3 heterocycles. The topological polar surface area (TPSA) is 83.0 Å². The number of furan rings is 1. The van der Waals surface area contributed by atoms with Crippen molar-refractivity contribution < 1.29 is 13.6 Å². The van der Waals surface area contributed by atoms with Crippen molar-refractivity contribution in [3.8, 4) is 0 Å². The van der Waals surface area contributed by atoms with Gasteiger partial charge < -0.3 is 15.1 Å². The number of fused-ring (bicyclic) bond motifs is 2. The lowest BCUT2D eigenvalue weighted by molar-refractivity contribution is 0.0929. The number of carbonyl (C=O) groups is 1. The van der Waals surface area contributed by atoms with Crippen LogP contribution in [0.1, 0.15) is 41.2 Å². The van der Waals surface area contributed by atoms with Crippen LogP contribution >= 0.6 is 0 Å². The minimum atomic E-state index is -0.344. The molecule has 2 aromatic heterocycles. The fourth-order valence-corrected chi connectivity index (χ4v) is 3.00. The summed E-state index contributed by atoms with van der Waals surface area (Å²) in [5.74, 6) is 0.781. The lowest BCUT2D eigenvalue weighted by atomic mass is 10.1. The lowest BCUT2D eigenvalue weighted by Gasteiger charge is -2.14. The molecule has 0 radical (unpaired) electrons. The van der Waals surface area contributed by atoms with Gasteiger partial charge in [-0.05, 0) is 44.0 Å². The Morgan fingerprint density at radius 1 is 1.42 bits per heavy atom. The van der Waals surface area contributed by atoms with Crippen molar-refractivity contribution in [3.63, 3.8) is 0 Å². The van der Waals surface area contributed by atoms with E-state index in [0.29, 0.717) is 22.4 Å². The third kappa shape index (κ3) is 2.51. The first kappa shape index (κ1) is 14.7. The summed E-state index contributed by atoms with van der Waals surface area (Å²) < 4.78 is 19.0. The predicted octanol–water partition coefficient (Wildman–Crippen LogP) is 3.14. The van der Waals surface area contributed by atoms with Crippen molar-refractivity contribution in [2.24, 2.45) is 0 Å². The monoisotopic (exact) mass is 328 g/mol. The van der Waals surface area contributed by atoms with E-state index in [-0.39, 0.29) is 17.8 Å². The molecule has 1 aliphatic rings. The van der Waals surface area contributed by atoms with Crippen molar-refractivity contribution in [2.45, 2.75) is 25.8 Å². The fourth-order valence-electron chi connectivity index (χ4n) is 3.00. The van der Waals surface area contributed by atoms with Gasteiger partial charge in [0.15, 0.2) is 5.82 Å². The third-order valence-electron chi connectivity index (χ3n) is 4.26. The van der Waals surface area contributed by atoms with Gasteiger partial charge in [0.25, 0.3) is 5.91 Å². The first-order valence-electron chi connectivity index (χ1n) is 7.93. The van der Waals surface area contributed by atoms with Gasteiger partial charge in [-0.1, -0.05) is 0 Å². The van der Waals surface area contributed by atoms with E-state index in [1.54, 1.807) is 12.1 Å². The molecule has 0 saturated carbocycles. The highest BCUT2D eigenvalue weighted by atomic mass is 19.1. The van der Waals surface area contributed by atoms with Crippen molar-refractivity contribution in [3.05, 3.63) is 47.1 Å². The second-order valence-corrected chi connectivity index (χ2v) is 5.98. The molecule has 3 N–H and O–H groups in total. The van der Waals surface area contributed by atoms with Crippen molar-refractivity contribution in [1.82, 2.24) is 15.5 Å². The van der Waals surface area contributed by atoms with Crippen LogP contribution in [-0.4, -0.2) is 22.6 Å². The molecule has 0 spiro atoms. The van der Waals surface area contributed by atoms with Gasteiger partial charge in [-0.15, -0.1) is 0 Å². The number of nitrogens with one attached hydrogen (secondary N) is 3. The molecule has 1 atom stereocenters. The van der Waals surface area contributed by atoms with Crippen LogP contribution in [0.15, 0.2) is 28.7 Å². The predicted molar refractivity (Wildman–Crippen MR) is 87.5 cm³/mol. The third-order valence-corrected chi connectivity index (χ3v) is 4.26. The molecule has 0 aliphatic carbocycles. The van der Waals surface area contributed by atoms with Crippen LogP contribution in [0.3, 0.4) is 0 Å². The maximum Gasteiger partial charge on any atom is 0.270 e. The Morgan fingerprint density at radius 2 is 2.29 bits per heavy atom. The molecule has 7 heteroatoms. The molecule has 24 heavy (non-hydrogen) atoms. The lowest BCUT2D eigenvalue weighted by Crippen LogP contribution is -2.28. The Balaban J connectivity index is 1.55. The van der Waals surface area contributed by atoms with E-state index >= 15 is 0 Å². The van der Waals surface area contributed by atoms with Crippen molar-refractivity contribution in [1.29, 1.82) is 0 Å². The highest BCUT2D eigenvalue weighted by Crippen LogP contribution is 2.26. The van der Waals surface area contributed by atoms with Crippen LogP contribution in [0.25, 0.3) is 11.0 Å². The molecule has 124 valence electrons. The van der Waals surface area contributed by atoms with E-state index in [9.17, 15) is 9.18 Å². The largest absolute Gasteiger partial charge is 0.459 e. The molecular weight excluding hydrogens is 311 g/mol. The van der Waals surface area contributed by atoms with E-state index in [4.69, 9.17) is 4.42 Å². The number of rotatable bonds is 3. The molecule has 1 aliphatic heterocycles. The molecule has 1 aromatic carbocycles. The molecule has 0 saturated heterocycles. The quantitative estimate of drug-likeness (QED) is 0.690. The molecule has 1 unspecified atom stereocenters. The molecule has 4 rings (SSSR count). The van der Waals surface area contributed by atoms with Crippen LogP contribution in [-0.2, 0) is 6.42 Å². The van der Waals surface area contributed by atoms with Gasteiger partial charge in [0, 0.05) is 17.5 Å². The summed E-state index contributed by atoms with van der Waals surface area (Å²) >= 11 is 0. The standard InChI is InChI=1S/C17H17FN4O2/c1-9(14-8-10-7-11(18)4-5-13(10)24-14)20-17(23)15-12-3-2-6-19-16(12)22-21-15/h4-5,7-9H,2-3,6H2,1H3,(H,20,23)(H2,19,21,22). The average molecular weight is 328 g/mol. The van der Waals surface area contributed by atoms with Gasteiger partial charge in [-0.3, -0.25) is 9.89 Å². The molecule has 3 aromatic rings. The number of halogens is 1. The number of hydrogen-bond donors (Lipinski definition) is 3. The van der Waals surface area contributed by atoms with Gasteiger partial charge in [0.1, 0.15) is 22.9 Å². The molecular formula is C17H17FN4O2. The number of H-pyrrole nitrogens is 1. The highest BCUT2D eigenvalue weighted by Gasteiger charge is 2.23. The first-order chi connectivity index (χ1) is 11.6. The van der Waals surface area contributed by atoms with Crippen molar-refractivity contribution >= 4 is 22.7 Å². The number of amides is 1. The summed E-state index contributed by atoms with van der Waals surface area (Å²) in [6.07, 6.45) is 1.79. The summed E-state index contributed by atoms with van der Waals surface area (Å²) in [5, 5.41) is 13.7. The number of anilines is 1. The number of aromatic amines is 1. The van der Waals surface area contributed by atoms with Gasteiger partial charge in [0.2, 0.25) is 0 Å². The molecule has 6 nitrogen and oxygen atoms in total. The van der Waals surface area contributed by atoms with Crippen LogP contribution in [0.2, 0.25) is 0 Å². The second kappa shape index (κ2) is 5.67. The smallest absolute Gasteiger partial charge is 0.270 e. The Morgan fingerprint density at radius 3 is 3.17 bits per heavy atom. The van der Waals surface area contributed by atoms with Crippen LogP contribution < -0.4 is 10.6 Å².